The topological polar surface area (TPSA) is 82.4 Å². The first kappa shape index (κ1) is 17.4. The molecule has 1 atom stereocenters. The van der Waals surface area contributed by atoms with E-state index in [2.05, 4.69) is 11.4 Å². The molecule has 118 valence electrons. The molecule has 0 aromatic carbocycles. The average molecular weight is 295 g/mol. The van der Waals surface area contributed by atoms with Crippen LogP contribution in [0.1, 0.15) is 40.0 Å². The summed E-state index contributed by atoms with van der Waals surface area (Å²) in [6, 6.07) is 2.20. The van der Waals surface area contributed by atoms with E-state index in [0.717, 1.165) is 19.3 Å². The van der Waals surface area contributed by atoms with Crippen molar-refractivity contribution in [3.05, 3.63) is 0 Å². The molecular weight excluding hydrogens is 270 g/mol. The molecule has 1 amide bonds. The summed E-state index contributed by atoms with van der Waals surface area (Å²) in [7, 11) is 0. The van der Waals surface area contributed by atoms with Crippen molar-refractivity contribution in [2.24, 2.45) is 5.92 Å². The summed E-state index contributed by atoms with van der Waals surface area (Å²) < 4.78 is 4.91. The summed E-state index contributed by atoms with van der Waals surface area (Å²) in [5, 5.41) is 12.1. The highest BCUT2D eigenvalue weighted by Crippen LogP contribution is 2.39. The summed E-state index contributed by atoms with van der Waals surface area (Å²) in [5.41, 5.74) is -0.793. The van der Waals surface area contributed by atoms with Gasteiger partial charge in [0.25, 0.3) is 0 Å². The van der Waals surface area contributed by atoms with Gasteiger partial charge < -0.3 is 10.1 Å². The minimum atomic E-state index is -0.793. The van der Waals surface area contributed by atoms with E-state index >= 15 is 0 Å². The Hall–Kier alpha value is -1.61. The van der Waals surface area contributed by atoms with Gasteiger partial charge in [-0.3, -0.25) is 14.5 Å². The fourth-order valence-electron chi connectivity index (χ4n) is 2.33. The van der Waals surface area contributed by atoms with Crippen LogP contribution in [0, 0.1) is 17.2 Å². The Labute approximate surface area is 126 Å². The molecule has 0 bridgehead atoms. The van der Waals surface area contributed by atoms with Crippen LogP contribution in [0.2, 0.25) is 0 Å². The maximum Gasteiger partial charge on any atom is 0.320 e. The van der Waals surface area contributed by atoms with E-state index in [4.69, 9.17) is 4.74 Å². The van der Waals surface area contributed by atoms with Crippen molar-refractivity contribution in [3.63, 3.8) is 0 Å². The standard InChI is InChI=1S/C15H25N3O3/c1-4-8-18(10-14(20)21-5-2)9-13(19)17-15(3,11-16)12-6-7-12/h12H,4-10H2,1-3H3,(H,17,19). The van der Waals surface area contributed by atoms with E-state index < -0.39 is 5.54 Å². The SMILES string of the molecule is CCCN(CC(=O)NC(C)(C#N)C1CC1)CC(=O)OCC. The lowest BCUT2D eigenvalue weighted by Crippen LogP contribution is -2.50. The van der Waals surface area contributed by atoms with Gasteiger partial charge in [-0.25, -0.2) is 0 Å². The molecular formula is C15H25N3O3. The second-order valence-corrected chi connectivity index (χ2v) is 5.65. The molecule has 1 rings (SSSR count). The number of nitriles is 1. The molecule has 1 fully saturated rings. The van der Waals surface area contributed by atoms with Crippen LogP contribution in [0.5, 0.6) is 0 Å². The number of nitrogens with zero attached hydrogens (tertiary/aromatic N) is 2. The summed E-state index contributed by atoms with van der Waals surface area (Å²) in [5.74, 6) is -0.302. The zero-order valence-corrected chi connectivity index (χ0v) is 13.1. The number of rotatable bonds is 9. The second-order valence-electron chi connectivity index (χ2n) is 5.65. The van der Waals surface area contributed by atoms with E-state index in [1.165, 1.54) is 0 Å². The van der Waals surface area contributed by atoms with Gasteiger partial charge in [-0.15, -0.1) is 0 Å². The predicted molar refractivity (Wildman–Crippen MR) is 78.2 cm³/mol. The molecule has 1 unspecified atom stereocenters. The molecule has 6 heteroatoms. The number of amides is 1. The second kappa shape index (κ2) is 7.99. The van der Waals surface area contributed by atoms with Crippen molar-refractivity contribution in [3.8, 4) is 6.07 Å². The van der Waals surface area contributed by atoms with Crippen LogP contribution in [0.25, 0.3) is 0 Å². The third-order valence-electron chi connectivity index (χ3n) is 3.59. The van der Waals surface area contributed by atoms with E-state index in [1.54, 1.807) is 18.7 Å². The number of carbonyl (C=O) groups excluding carboxylic acids is 2. The molecule has 21 heavy (non-hydrogen) atoms. The molecule has 0 spiro atoms. The number of carbonyl (C=O) groups is 2. The average Bonchev–Trinajstić information content (AvgIpc) is 3.23. The number of ether oxygens (including phenoxy) is 1. The van der Waals surface area contributed by atoms with E-state index in [1.807, 2.05) is 6.92 Å². The van der Waals surface area contributed by atoms with Gasteiger partial charge in [-0.1, -0.05) is 6.92 Å². The van der Waals surface area contributed by atoms with Crippen molar-refractivity contribution in [2.45, 2.75) is 45.6 Å². The van der Waals surface area contributed by atoms with Gasteiger partial charge in [0, 0.05) is 0 Å². The van der Waals surface area contributed by atoms with E-state index in [9.17, 15) is 14.9 Å². The molecule has 1 N–H and O–H groups in total. The van der Waals surface area contributed by atoms with Gasteiger partial charge in [-0.2, -0.15) is 5.26 Å². The van der Waals surface area contributed by atoms with Crippen LogP contribution in [-0.4, -0.2) is 48.6 Å². The zero-order chi connectivity index (χ0) is 15.9. The molecule has 6 nitrogen and oxygen atoms in total. The van der Waals surface area contributed by atoms with Crippen molar-refractivity contribution >= 4 is 11.9 Å². The third kappa shape index (κ3) is 5.72. The molecule has 0 aliphatic heterocycles. The maximum atomic E-state index is 12.1. The fourth-order valence-corrected chi connectivity index (χ4v) is 2.33. The predicted octanol–water partition coefficient (Wildman–Crippen LogP) is 1.07. The first-order chi connectivity index (χ1) is 9.95. The lowest BCUT2D eigenvalue weighted by molar-refractivity contribution is -0.144. The van der Waals surface area contributed by atoms with Crippen LogP contribution >= 0.6 is 0 Å². The van der Waals surface area contributed by atoms with Crippen LogP contribution in [0.15, 0.2) is 0 Å². The monoisotopic (exact) mass is 295 g/mol. The molecule has 1 aliphatic carbocycles. The molecule has 1 aliphatic rings. The number of esters is 1. The summed E-state index contributed by atoms with van der Waals surface area (Å²) in [4.78, 5) is 25.4. The smallest absolute Gasteiger partial charge is 0.320 e. The molecule has 0 aromatic rings. The molecule has 1 saturated carbocycles. The minimum absolute atomic E-state index is 0.0990. The van der Waals surface area contributed by atoms with Gasteiger partial charge in [0.15, 0.2) is 0 Å². The number of nitrogens with one attached hydrogen (secondary N) is 1. The lowest BCUT2D eigenvalue weighted by atomic mass is 9.98. The van der Waals surface area contributed by atoms with Crippen LogP contribution in [-0.2, 0) is 14.3 Å². The van der Waals surface area contributed by atoms with Gasteiger partial charge in [0.2, 0.25) is 5.91 Å². The first-order valence-electron chi connectivity index (χ1n) is 7.55. The van der Waals surface area contributed by atoms with Gasteiger partial charge in [0.1, 0.15) is 5.54 Å². The Bertz CT molecular complexity index is 415. The summed E-state index contributed by atoms with van der Waals surface area (Å²) >= 11 is 0. The highest BCUT2D eigenvalue weighted by Gasteiger charge is 2.43. The normalized spacial score (nSPS) is 16.9. The van der Waals surface area contributed by atoms with Gasteiger partial charge in [0.05, 0.1) is 25.8 Å². The minimum Gasteiger partial charge on any atom is -0.465 e. The quantitative estimate of drug-likeness (QED) is 0.643. The van der Waals surface area contributed by atoms with Crippen molar-refractivity contribution in [1.82, 2.24) is 10.2 Å². The molecule has 0 aromatic heterocycles. The Balaban J connectivity index is 2.51. The van der Waals surface area contributed by atoms with Crippen molar-refractivity contribution < 1.29 is 14.3 Å². The van der Waals surface area contributed by atoms with Crippen molar-refractivity contribution in [1.29, 1.82) is 5.26 Å². The summed E-state index contributed by atoms with van der Waals surface area (Å²) in [6.45, 7) is 6.68. The van der Waals surface area contributed by atoms with E-state index in [-0.39, 0.29) is 30.9 Å². The first-order valence-corrected chi connectivity index (χ1v) is 7.55. The van der Waals surface area contributed by atoms with Crippen LogP contribution in [0.3, 0.4) is 0 Å². The largest absolute Gasteiger partial charge is 0.465 e. The number of hydrogen-bond acceptors (Lipinski definition) is 5. The zero-order valence-electron chi connectivity index (χ0n) is 13.1. The van der Waals surface area contributed by atoms with Gasteiger partial charge in [-0.05, 0) is 45.6 Å². The highest BCUT2D eigenvalue weighted by atomic mass is 16.5. The Morgan fingerprint density at radius 3 is 2.52 bits per heavy atom. The van der Waals surface area contributed by atoms with Crippen LogP contribution < -0.4 is 5.32 Å². The fraction of sp³-hybridized carbons (Fsp3) is 0.800. The number of hydrogen-bond donors (Lipinski definition) is 1. The molecule has 0 radical (unpaired) electrons. The van der Waals surface area contributed by atoms with Crippen molar-refractivity contribution in [2.75, 3.05) is 26.2 Å². The molecule has 0 heterocycles. The Morgan fingerprint density at radius 1 is 1.38 bits per heavy atom. The van der Waals surface area contributed by atoms with Crippen LogP contribution in [0.4, 0.5) is 0 Å². The maximum absolute atomic E-state index is 12.1. The van der Waals surface area contributed by atoms with E-state index in [0.29, 0.717) is 13.2 Å². The highest BCUT2D eigenvalue weighted by molar-refractivity contribution is 5.80. The lowest BCUT2D eigenvalue weighted by Gasteiger charge is -2.26. The Kier molecular flexibility index (Phi) is 6.63. The molecule has 0 saturated heterocycles. The van der Waals surface area contributed by atoms with Gasteiger partial charge >= 0.3 is 5.97 Å². The summed E-state index contributed by atoms with van der Waals surface area (Å²) in [6.07, 6.45) is 2.79. The third-order valence-corrected chi connectivity index (χ3v) is 3.59. The Morgan fingerprint density at radius 2 is 2.05 bits per heavy atom.